The fourth-order valence-corrected chi connectivity index (χ4v) is 6.80. The zero-order chi connectivity index (χ0) is 36.2. The highest BCUT2D eigenvalue weighted by Crippen LogP contribution is 2.29. The minimum Gasteiger partial charge on any atom is -0.399 e. The first kappa shape index (κ1) is 39.5. The van der Waals surface area contributed by atoms with E-state index in [1.807, 2.05) is 39.5 Å². The highest BCUT2D eigenvalue weighted by molar-refractivity contribution is 5.98. The number of nitrogens with zero attached hydrogens (tertiary/aromatic N) is 3. The number of methoxy groups -OCH3 is 2. The van der Waals surface area contributed by atoms with Gasteiger partial charge in [0.1, 0.15) is 6.04 Å². The lowest BCUT2D eigenvalue weighted by molar-refractivity contribution is -0.146. The number of carbonyl (C=O) groups excluding carboxylic acids is 4. The number of aromatic nitrogens is 2. The summed E-state index contributed by atoms with van der Waals surface area (Å²) >= 11 is 0. The molecule has 0 saturated carbocycles. The number of aromatic amines is 1. The average Bonchev–Trinajstić information content (AvgIpc) is 3.79. The minimum atomic E-state index is -0.799. The number of benzene rings is 1. The summed E-state index contributed by atoms with van der Waals surface area (Å²) in [6, 6.07) is 5.02. The maximum absolute atomic E-state index is 14.1. The van der Waals surface area contributed by atoms with Crippen LogP contribution in [0.3, 0.4) is 0 Å². The second-order valence-electron chi connectivity index (χ2n) is 13.5. The standard InChI is InChI=1S/C36H57N7O6/c1-9-23(4)32(42(6)36(47)31(22(2)3)41-35(46)25-12-14-26(37)15-13-25)29(48-7)19-30(44)43-18-10-11-28(43)33(49-8)24(5)34(45)39-17-16-27-20-38-21-40-27/h12-15,20-24,28-29,31-33H,9-11,16-19,37H2,1-8H3,(H,38,40)(H,39,45)(H,41,46)/t23-,24+,28-,29+,31-,32-,33+/m0/s1. The Labute approximate surface area is 291 Å². The summed E-state index contributed by atoms with van der Waals surface area (Å²) in [5.41, 5.74) is 7.59. The van der Waals surface area contributed by atoms with Crippen molar-refractivity contribution in [1.82, 2.24) is 30.4 Å². The second-order valence-corrected chi connectivity index (χ2v) is 13.5. The number of imidazole rings is 1. The topological polar surface area (TPSA) is 172 Å². The van der Waals surface area contributed by atoms with E-state index in [9.17, 15) is 19.2 Å². The van der Waals surface area contributed by atoms with Crippen molar-refractivity contribution in [2.75, 3.05) is 40.1 Å². The van der Waals surface area contributed by atoms with Crippen molar-refractivity contribution in [3.63, 3.8) is 0 Å². The van der Waals surface area contributed by atoms with Gasteiger partial charge in [0.15, 0.2) is 0 Å². The first-order chi connectivity index (χ1) is 23.3. The van der Waals surface area contributed by atoms with Gasteiger partial charge in [-0.3, -0.25) is 19.2 Å². The van der Waals surface area contributed by atoms with Gasteiger partial charge in [0.2, 0.25) is 17.7 Å². The first-order valence-electron chi connectivity index (χ1n) is 17.4. The fourth-order valence-electron chi connectivity index (χ4n) is 6.80. The van der Waals surface area contributed by atoms with E-state index in [1.54, 1.807) is 63.0 Å². The van der Waals surface area contributed by atoms with E-state index in [0.29, 0.717) is 37.2 Å². The number of anilines is 1. The first-order valence-corrected chi connectivity index (χ1v) is 17.4. The van der Waals surface area contributed by atoms with Crippen molar-refractivity contribution in [2.45, 2.75) is 97.1 Å². The quantitative estimate of drug-likeness (QED) is 0.174. The Balaban J connectivity index is 1.73. The maximum atomic E-state index is 14.1. The van der Waals surface area contributed by atoms with Gasteiger partial charge in [-0.25, -0.2) is 4.98 Å². The van der Waals surface area contributed by atoms with Crippen molar-refractivity contribution < 1.29 is 28.7 Å². The lowest BCUT2D eigenvalue weighted by atomic mass is 9.89. The van der Waals surface area contributed by atoms with E-state index in [2.05, 4.69) is 20.6 Å². The van der Waals surface area contributed by atoms with Crippen LogP contribution in [0.2, 0.25) is 0 Å². The van der Waals surface area contributed by atoms with E-state index in [-0.39, 0.29) is 47.9 Å². The lowest BCUT2D eigenvalue weighted by Crippen LogP contribution is -2.57. The zero-order valence-electron chi connectivity index (χ0n) is 30.4. The van der Waals surface area contributed by atoms with E-state index in [4.69, 9.17) is 15.2 Å². The highest BCUT2D eigenvalue weighted by atomic mass is 16.5. The number of hydrogen-bond donors (Lipinski definition) is 4. The number of nitrogens with two attached hydrogens (primary N) is 1. The van der Waals surface area contributed by atoms with Gasteiger partial charge in [0, 0.05) is 58.2 Å². The van der Waals surface area contributed by atoms with Crippen LogP contribution in [0.25, 0.3) is 0 Å². The van der Waals surface area contributed by atoms with Crippen molar-refractivity contribution >= 4 is 29.3 Å². The smallest absolute Gasteiger partial charge is 0.251 e. The number of likely N-dealkylation sites (N-methyl/N-ethyl adjacent to an activating group) is 1. The van der Waals surface area contributed by atoms with Gasteiger partial charge < -0.3 is 40.6 Å². The molecule has 5 N–H and O–H groups in total. The van der Waals surface area contributed by atoms with Gasteiger partial charge in [0.25, 0.3) is 5.91 Å². The number of ether oxygens (including phenoxy) is 2. The van der Waals surface area contributed by atoms with Crippen molar-refractivity contribution in [3.8, 4) is 0 Å². The lowest BCUT2D eigenvalue weighted by Gasteiger charge is -2.40. The molecule has 13 nitrogen and oxygen atoms in total. The van der Waals surface area contributed by atoms with E-state index in [1.165, 1.54) is 0 Å². The number of amides is 4. The highest BCUT2D eigenvalue weighted by Gasteiger charge is 2.42. The summed E-state index contributed by atoms with van der Waals surface area (Å²) in [7, 11) is 4.85. The monoisotopic (exact) mass is 683 g/mol. The molecule has 272 valence electrons. The Morgan fingerprint density at radius 2 is 1.80 bits per heavy atom. The molecule has 1 fully saturated rings. The molecule has 4 amide bonds. The van der Waals surface area contributed by atoms with Crippen molar-refractivity contribution in [1.29, 1.82) is 0 Å². The van der Waals surface area contributed by atoms with Crippen LogP contribution in [0.15, 0.2) is 36.8 Å². The molecule has 1 aromatic heterocycles. The Hall–Kier alpha value is -3.97. The molecule has 1 aliphatic rings. The van der Waals surface area contributed by atoms with Gasteiger partial charge in [-0.1, -0.05) is 41.0 Å². The van der Waals surface area contributed by atoms with Crippen LogP contribution in [-0.4, -0.2) is 108 Å². The summed E-state index contributed by atoms with van der Waals surface area (Å²) in [5.74, 6) is -1.59. The molecule has 0 unspecified atom stereocenters. The summed E-state index contributed by atoms with van der Waals surface area (Å²) in [6.45, 7) is 10.7. The van der Waals surface area contributed by atoms with Crippen LogP contribution in [0.1, 0.15) is 76.4 Å². The van der Waals surface area contributed by atoms with Gasteiger partial charge in [-0.2, -0.15) is 0 Å². The molecule has 0 spiro atoms. The normalized spacial score (nSPS) is 18.3. The van der Waals surface area contributed by atoms with E-state index < -0.39 is 30.2 Å². The molecule has 1 aliphatic heterocycles. The average molecular weight is 684 g/mol. The Morgan fingerprint density at radius 1 is 1.10 bits per heavy atom. The predicted octanol–water partition coefficient (Wildman–Crippen LogP) is 3.03. The third-order valence-electron chi connectivity index (χ3n) is 9.89. The summed E-state index contributed by atoms with van der Waals surface area (Å²) in [5, 5.41) is 5.89. The Kier molecular flexibility index (Phi) is 15.1. The molecular weight excluding hydrogens is 626 g/mol. The number of likely N-dealkylation sites (tertiary alicyclic amines) is 1. The largest absolute Gasteiger partial charge is 0.399 e. The third kappa shape index (κ3) is 10.3. The summed E-state index contributed by atoms with van der Waals surface area (Å²) in [4.78, 5) is 64.9. The molecule has 0 bridgehead atoms. The Bertz CT molecular complexity index is 1350. The van der Waals surface area contributed by atoms with Gasteiger partial charge in [-0.05, 0) is 48.9 Å². The number of hydrogen-bond acceptors (Lipinski definition) is 8. The SMILES string of the molecule is CC[C@H](C)[C@@H]([C@@H](CC(=O)N1CCC[C@H]1[C@H](OC)[C@@H](C)C(=O)NCCc1c[nH]cn1)OC)N(C)C(=O)[C@@H](NC(=O)c1ccc(N)cc1)C(C)C. The summed E-state index contributed by atoms with van der Waals surface area (Å²) in [6.07, 6.45) is 5.19. The van der Waals surface area contributed by atoms with Crippen LogP contribution in [0.4, 0.5) is 5.69 Å². The molecule has 7 atom stereocenters. The van der Waals surface area contributed by atoms with Crippen molar-refractivity contribution in [2.24, 2.45) is 17.8 Å². The number of H-pyrrole nitrogens is 1. The van der Waals surface area contributed by atoms with Crippen LogP contribution >= 0.6 is 0 Å². The minimum absolute atomic E-state index is 0.0152. The fraction of sp³-hybridized carbons (Fsp3) is 0.639. The zero-order valence-corrected chi connectivity index (χ0v) is 30.4. The van der Waals surface area contributed by atoms with E-state index >= 15 is 0 Å². The molecule has 1 saturated heterocycles. The van der Waals surface area contributed by atoms with Gasteiger partial charge in [-0.15, -0.1) is 0 Å². The number of nitrogen functional groups attached to an aromatic ring is 1. The maximum Gasteiger partial charge on any atom is 0.251 e. The molecule has 13 heteroatoms. The Morgan fingerprint density at radius 3 is 2.37 bits per heavy atom. The molecule has 3 rings (SSSR count). The molecule has 49 heavy (non-hydrogen) atoms. The van der Waals surface area contributed by atoms with Crippen molar-refractivity contribution in [3.05, 3.63) is 48.0 Å². The van der Waals surface area contributed by atoms with Crippen LogP contribution < -0.4 is 16.4 Å². The number of carbonyl (C=O) groups is 4. The molecular formula is C36H57N7O6. The van der Waals surface area contributed by atoms with Gasteiger partial charge >= 0.3 is 0 Å². The van der Waals surface area contributed by atoms with Crippen LogP contribution in [-0.2, 0) is 30.3 Å². The van der Waals surface area contributed by atoms with Crippen LogP contribution in [0.5, 0.6) is 0 Å². The molecule has 0 aliphatic carbocycles. The number of nitrogens with one attached hydrogen (secondary N) is 3. The summed E-state index contributed by atoms with van der Waals surface area (Å²) < 4.78 is 11.9. The van der Waals surface area contributed by atoms with Crippen LogP contribution in [0, 0.1) is 17.8 Å². The van der Waals surface area contributed by atoms with Gasteiger partial charge in [0.05, 0.1) is 48.7 Å². The number of rotatable bonds is 18. The predicted molar refractivity (Wildman–Crippen MR) is 188 cm³/mol. The molecule has 0 radical (unpaired) electrons. The third-order valence-corrected chi connectivity index (χ3v) is 9.89. The second kappa shape index (κ2) is 18.7. The molecule has 1 aromatic carbocycles. The van der Waals surface area contributed by atoms with E-state index in [0.717, 1.165) is 18.5 Å². The molecule has 2 heterocycles. The molecule has 2 aromatic rings.